The lowest BCUT2D eigenvalue weighted by Gasteiger charge is -2.48. The highest BCUT2D eigenvalue weighted by molar-refractivity contribution is 5.82. The molecule has 11 N–H and O–H groups in total. The van der Waals surface area contributed by atoms with Crippen LogP contribution in [0.4, 0.5) is 0 Å². The number of hydrogen-bond donors (Lipinski definition) is 11. The molecule has 0 aromatic heterocycles. The van der Waals surface area contributed by atoms with Crippen LogP contribution >= 0.6 is 0 Å². The second-order valence-corrected chi connectivity index (χ2v) is 10.8. The molecule has 2 fully saturated rings. The van der Waals surface area contributed by atoms with Gasteiger partial charge in [0, 0.05) is 27.2 Å². The summed E-state index contributed by atoms with van der Waals surface area (Å²) >= 11 is 0. The summed E-state index contributed by atoms with van der Waals surface area (Å²) in [4.78, 5) is 59.2. The van der Waals surface area contributed by atoms with Crippen LogP contribution in [-0.4, -0.2) is 163 Å². The van der Waals surface area contributed by atoms with Gasteiger partial charge in [0.1, 0.15) is 42.7 Å². The monoisotopic (exact) mass is 655 g/mol. The van der Waals surface area contributed by atoms with Crippen LogP contribution in [0.15, 0.2) is 0 Å². The minimum Gasteiger partial charge on any atom is -0.480 e. The van der Waals surface area contributed by atoms with Gasteiger partial charge in [0.15, 0.2) is 12.3 Å². The minimum atomic E-state index is -2.82. The van der Waals surface area contributed by atoms with Gasteiger partial charge in [-0.2, -0.15) is 0 Å². The molecule has 2 aliphatic rings. The molecule has 2 rings (SSSR count). The van der Waals surface area contributed by atoms with Gasteiger partial charge in [0.05, 0.1) is 31.5 Å². The Morgan fingerprint density at radius 1 is 0.933 bits per heavy atom. The predicted molar refractivity (Wildman–Crippen MR) is 143 cm³/mol. The largest absolute Gasteiger partial charge is 0.480 e. The molecule has 0 radical (unpaired) electrons. The van der Waals surface area contributed by atoms with Crippen LogP contribution in [0.1, 0.15) is 34.1 Å². The van der Waals surface area contributed by atoms with E-state index in [2.05, 4.69) is 16.0 Å². The van der Waals surface area contributed by atoms with E-state index in [0.29, 0.717) is 0 Å². The predicted octanol–water partition coefficient (Wildman–Crippen LogP) is -5.90. The maximum absolute atomic E-state index is 12.4. The summed E-state index contributed by atoms with van der Waals surface area (Å²) < 4.78 is 22.3. The number of aliphatic carboxylic acids is 2. The van der Waals surface area contributed by atoms with Crippen LogP contribution in [-0.2, 0) is 42.9 Å². The Hall–Kier alpha value is -3.05. The molecule has 20 heteroatoms. The van der Waals surface area contributed by atoms with Crippen molar-refractivity contribution < 1.29 is 83.8 Å². The summed E-state index contributed by atoms with van der Waals surface area (Å²) in [6, 6.07) is -4.59. The van der Waals surface area contributed by atoms with E-state index in [1.165, 1.54) is 6.92 Å². The minimum absolute atomic E-state index is 0.708. The summed E-state index contributed by atoms with van der Waals surface area (Å²) in [6.45, 7) is 2.49. The third-order valence-corrected chi connectivity index (χ3v) is 7.18. The molecule has 3 amide bonds. The van der Waals surface area contributed by atoms with Gasteiger partial charge in [-0.05, 0) is 6.92 Å². The Balaban J connectivity index is 2.37. The van der Waals surface area contributed by atoms with E-state index in [0.717, 1.165) is 20.8 Å². The van der Waals surface area contributed by atoms with Crippen molar-refractivity contribution in [2.45, 2.75) is 113 Å². The molecule has 0 aliphatic carbocycles. The molecule has 13 atom stereocenters. The van der Waals surface area contributed by atoms with Crippen molar-refractivity contribution in [2.75, 3.05) is 13.2 Å². The Kier molecular flexibility index (Phi) is 13.5. The number of rotatable bonds is 14. The topological polar surface area (TPSA) is 320 Å². The summed E-state index contributed by atoms with van der Waals surface area (Å²) in [5.74, 6) is -8.32. The lowest BCUT2D eigenvalue weighted by Crippen LogP contribution is -2.69. The third kappa shape index (κ3) is 9.48. The van der Waals surface area contributed by atoms with Crippen molar-refractivity contribution in [1.82, 2.24) is 16.0 Å². The van der Waals surface area contributed by atoms with Crippen molar-refractivity contribution >= 4 is 29.7 Å². The third-order valence-electron chi connectivity index (χ3n) is 7.18. The summed E-state index contributed by atoms with van der Waals surface area (Å²) in [6.07, 6.45) is -16.9. The van der Waals surface area contributed by atoms with Crippen molar-refractivity contribution in [1.29, 1.82) is 0 Å². The molecular weight excluding hydrogens is 614 g/mol. The first kappa shape index (κ1) is 38.1. The average Bonchev–Trinajstić information content (AvgIpc) is 2.94. The number of carboxylic acids is 2. The zero-order valence-electron chi connectivity index (χ0n) is 24.8. The first-order valence-electron chi connectivity index (χ1n) is 13.8. The smallest absolute Gasteiger partial charge is 0.364 e. The lowest BCUT2D eigenvalue weighted by molar-refractivity contribution is -0.332. The first-order valence-corrected chi connectivity index (χ1v) is 13.8. The molecule has 0 aromatic carbocycles. The van der Waals surface area contributed by atoms with Gasteiger partial charge >= 0.3 is 11.9 Å². The highest BCUT2D eigenvalue weighted by Gasteiger charge is 2.57. The van der Waals surface area contributed by atoms with E-state index in [9.17, 15) is 64.8 Å². The summed E-state index contributed by atoms with van der Waals surface area (Å²) in [5.41, 5.74) is 0. The molecule has 2 aliphatic heterocycles. The number of carbonyl (C=O) groups is 5. The Morgan fingerprint density at radius 2 is 1.51 bits per heavy atom. The number of ether oxygens (including phenoxy) is 4. The van der Waals surface area contributed by atoms with Gasteiger partial charge in [-0.15, -0.1) is 0 Å². The van der Waals surface area contributed by atoms with Crippen LogP contribution in [0.25, 0.3) is 0 Å². The molecular formula is C25H41N3O17. The van der Waals surface area contributed by atoms with Gasteiger partial charge in [-0.3, -0.25) is 14.4 Å². The number of hydrogen-bond acceptors (Lipinski definition) is 15. The van der Waals surface area contributed by atoms with Crippen LogP contribution in [0.2, 0.25) is 0 Å². The molecule has 0 bridgehead atoms. The Bertz CT molecular complexity index is 1080. The van der Waals surface area contributed by atoms with Gasteiger partial charge in [0.2, 0.25) is 17.7 Å². The second kappa shape index (κ2) is 16.0. The Labute approximate surface area is 256 Å². The highest BCUT2D eigenvalue weighted by Crippen LogP contribution is 2.35. The van der Waals surface area contributed by atoms with Crippen molar-refractivity contribution in [3.05, 3.63) is 0 Å². The van der Waals surface area contributed by atoms with E-state index in [4.69, 9.17) is 18.9 Å². The van der Waals surface area contributed by atoms with Gasteiger partial charge in [-0.25, -0.2) is 9.59 Å². The van der Waals surface area contributed by atoms with E-state index >= 15 is 0 Å². The molecule has 0 unspecified atom stereocenters. The van der Waals surface area contributed by atoms with E-state index < -0.39 is 128 Å². The van der Waals surface area contributed by atoms with Crippen LogP contribution in [0, 0.1) is 0 Å². The van der Waals surface area contributed by atoms with Crippen molar-refractivity contribution in [2.24, 2.45) is 0 Å². The van der Waals surface area contributed by atoms with E-state index in [1.807, 2.05) is 0 Å². The molecule has 0 saturated carbocycles. The van der Waals surface area contributed by atoms with Crippen molar-refractivity contribution in [3.8, 4) is 0 Å². The fourth-order valence-electron chi connectivity index (χ4n) is 4.96. The van der Waals surface area contributed by atoms with E-state index in [-0.39, 0.29) is 0 Å². The molecule has 2 heterocycles. The zero-order valence-corrected chi connectivity index (χ0v) is 24.8. The standard InChI is InChI=1S/C25H41N3O17/c1-8(15(22(38)39)26-9(2)30)43-23-17(28-11(4)32)20(37)19(36)14(44-23)7-42-25(24(40)41)5-12(33)16(27-10(3)31)21(45-25)18(35)13(34)6-29/h8,12-21,23,29,33-37H,5-7H2,1-4H3,(H,26,30)(H,27,31)(H,28,32)(H,38,39)(H,40,41)/t8-,12+,13-,14-,15+,16-,17-,18-,19+,20-,21-,23+,25-/m1/s1. The van der Waals surface area contributed by atoms with Gasteiger partial charge < -0.3 is 75.8 Å². The molecule has 0 spiro atoms. The van der Waals surface area contributed by atoms with Crippen LogP contribution in [0.5, 0.6) is 0 Å². The molecule has 258 valence electrons. The van der Waals surface area contributed by atoms with Crippen LogP contribution < -0.4 is 16.0 Å². The molecule has 20 nitrogen and oxygen atoms in total. The van der Waals surface area contributed by atoms with Crippen LogP contribution in [0.3, 0.4) is 0 Å². The number of aliphatic hydroxyl groups excluding tert-OH is 6. The number of carboxylic acid groups (broad SMARTS) is 2. The Morgan fingerprint density at radius 3 is 2.00 bits per heavy atom. The zero-order chi connectivity index (χ0) is 34.4. The highest BCUT2D eigenvalue weighted by atomic mass is 16.7. The second-order valence-electron chi connectivity index (χ2n) is 10.8. The molecule has 2 saturated heterocycles. The number of aliphatic hydroxyl groups is 6. The summed E-state index contributed by atoms with van der Waals surface area (Å²) in [5, 5.41) is 88.5. The number of amides is 3. The summed E-state index contributed by atoms with van der Waals surface area (Å²) in [7, 11) is 0. The SMILES string of the molecule is CC(=O)N[C@H]1[C@@H](O[C@H](C)[C@H](NC(C)=O)C(=O)O)O[C@H](CO[C@]2(C(=O)O)C[C@H](O)[C@@H](NC(C)=O)[C@H]([C@H](O)[C@H](O)CO)O2)[C@H](O)[C@@H]1O. The fraction of sp³-hybridized carbons (Fsp3) is 0.800. The van der Waals surface area contributed by atoms with E-state index in [1.54, 1.807) is 0 Å². The maximum Gasteiger partial charge on any atom is 0.364 e. The average molecular weight is 656 g/mol. The van der Waals surface area contributed by atoms with Crippen molar-refractivity contribution in [3.63, 3.8) is 0 Å². The maximum atomic E-state index is 12.4. The lowest BCUT2D eigenvalue weighted by atomic mass is 9.88. The normalized spacial score (nSPS) is 34.4. The first-order chi connectivity index (χ1) is 20.8. The molecule has 0 aromatic rings. The van der Waals surface area contributed by atoms with Gasteiger partial charge in [-0.1, -0.05) is 0 Å². The number of carbonyl (C=O) groups excluding carboxylic acids is 3. The quantitative estimate of drug-likeness (QED) is 0.0829. The molecule has 45 heavy (non-hydrogen) atoms. The number of nitrogens with one attached hydrogen (secondary N) is 3. The fourth-order valence-corrected chi connectivity index (χ4v) is 4.96. The van der Waals surface area contributed by atoms with Gasteiger partial charge in [0.25, 0.3) is 5.79 Å².